The average Bonchev–Trinajstić information content (AvgIpc) is 3.17. The number of halogens is 2. The van der Waals surface area contributed by atoms with Crippen LogP contribution in [0.2, 0.25) is 10.0 Å². The Morgan fingerprint density at radius 3 is 2.28 bits per heavy atom. The summed E-state index contributed by atoms with van der Waals surface area (Å²) < 4.78 is 28.3. The maximum absolute atomic E-state index is 13.4. The second-order valence-electron chi connectivity index (χ2n) is 6.19. The number of benzene rings is 3. The van der Waals surface area contributed by atoms with Crippen LogP contribution in [0.5, 0.6) is 0 Å². The highest BCUT2D eigenvalue weighted by atomic mass is 35.5. The first kappa shape index (κ1) is 19.4. The Morgan fingerprint density at radius 2 is 1.59 bits per heavy atom. The molecule has 3 aromatic carbocycles. The normalized spacial score (nSPS) is 11.5. The largest absolute Gasteiger partial charge is 0.399 e. The van der Waals surface area contributed by atoms with Crippen molar-refractivity contribution in [3.8, 4) is 16.9 Å². The molecule has 4 aromatic rings. The van der Waals surface area contributed by atoms with Crippen molar-refractivity contribution in [3.63, 3.8) is 0 Å². The number of rotatable bonds is 4. The van der Waals surface area contributed by atoms with Gasteiger partial charge in [-0.3, -0.25) is 0 Å². The number of nitrogens with two attached hydrogens (primary N) is 1. The number of aromatic nitrogens is 3. The van der Waals surface area contributed by atoms with E-state index in [2.05, 4.69) is 10.3 Å². The van der Waals surface area contributed by atoms with Gasteiger partial charge in [-0.1, -0.05) is 58.7 Å². The highest BCUT2D eigenvalue weighted by Crippen LogP contribution is 2.35. The van der Waals surface area contributed by atoms with Crippen molar-refractivity contribution >= 4 is 38.7 Å². The van der Waals surface area contributed by atoms with Gasteiger partial charge < -0.3 is 5.73 Å². The van der Waals surface area contributed by atoms with E-state index in [1.165, 1.54) is 22.9 Å². The van der Waals surface area contributed by atoms with Crippen molar-refractivity contribution < 1.29 is 8.42 Å². The van der Waals surface area contributed by atoms with Crippen LogP contribution >= 0.6 is 23.2 Å². The standard InChI is InChI=1S/C20H14Cl2N4O2S/c21-14-6-11-17(22)18(12-14)29(27,28)20-19(13-4-2-1-3-5-13)26(25-24-20)16-9-7-15(23)8-10-16/h1-12H,23H2. The molecular weight excluding hydrogens is 431 g/mol. The highest BCUT2D eigenvalue weighted by Gasteiger charge is 2.30. The van der Waals surface area contributed by atoms with Gasteiger partial charge in [-0.25, -0.2) is 13.1 Å². The fourth-order valence-electron chi connectivity index (χ4n) is 2.87. The van der Waals surface area contributed by atoms with Crippen LogP contribution < -0.4 is 5.73 Å². The Morgan fingerprint density at radius 1 is 0.897 bits per heavy atom. The minimum atomic E-state index is -4.10. The first-order valence-electron chi connectivity index (χ1n) is 8.45. The molecule has 2 N–H and O–H groups in total. The Kier molecular flexibility index (Phi) is 5.04. The molecule has 29 heavy (non-hydrogen) atoms. The van der Waals surface area contributed by atoms with E-state index < -0.39 is 9.84 Å². The molecule has 9 heteroatoms. The minimum absolute atomic E-state index is 0.0513. The number of nitrogen functional groups attached to an aromatic ring is 1. The van der Waals surface area contributed by atoms with Crippen molar-refractivity contribution in [3.05, 3.63) is 82.8 Å². The molecule has 1 aromatic heterocycles. The second kappa shape index (κ2) is 7.51. The van der Waals surface area contributed by atoms with E-state index in [0.29, 0.717) is 22.6 Å². The van der Waals surface area contributed by atoms with Crippen LogP contribution in [0.15, 0.2) is 82.7 Å². The monoisotopic (exact) mass is 444 g/mol. The zero-order chi connectivity index (χ0) is 20.6. The summed E-state index contributed by atoms with van der Waals surface area (Å²) in [5, 5.41) is 8.19. The van der Waals surface area contributed by atoms with E-state index in [4.69, 9.17) is 28.9 Å². The van der Waals surface area contributed by atoms with Gasteiger partial charge in [0.25, 0.3) is 0 Å². The van der Waals surface area contributed by atoms with Gasteiger partial charge in [-0.2, -0.15) is 0 Å². The van der Waals surface area contributed by atoms with Gasteiger partial charge in [-0.05, 0) is 42.5 Å². The van der Waals surface area contributed by atoms with E-state index in [1.54, 1.807) is 48.5 Å². The number of sulfone groups is 1. The van der Waals surface area contributed by atoms with Gasteiger partial charge in [0.2, 0.25) is 14.9 Å². The SMILES string of the molecule is Nc1ccc(-n2nnc(S(=O)(=O)c3cc(Cl)ccc3Cl)c2-c2ccccc2)cc1. The van der Waals surface area contributed by atoms with E-state index in [-0.39, 0.29) is 20.0 Å². The molecule has 0 aliphatic carbocycles. The smallest absolute Gasteiger partial charge is 0.229 e. The molecule has 0 saturated carbocycles. The predicted octanol–water partition coefficient (Wildman–Crippen LogP) is 4.66. The quantitative estimate of drug-likeness (QED) is 0.462. The second-order valence-corrected chi connectivity index (χ2v) is 8.87. The van der Waals surface area contributed by atoms with Crippen LogP contribution in [0.25, 0.3) is 16.9 Å². The number of nitrogens with zero attached hydrogens (tertiary/aromatic N) is 3. The third-order valence-corrected chi connectivity index (χ3v) is 6.64. The Hall–Kier alpha value is -2.87. The van der Waals surface area contributed by atoms with Gasteiger partial charge in [-0.15, -0.1) is 5.10 Å². The number of hydrogen-bond donors (Lipinski definition) is 1. The van der Waals surface area contributed by atoms with Gasteiger partial charge in [0.15, 0.2) is 0 Å². The zero-order valence-corrected chi connectivity index (χ0v) is 17.2. The van der Waals surface area contributed by atoms with Crippen molar-refractivity contribution in [1.29, 1.82) is 0 Å². The highest BCUT2D eigenvalue weighted by molar-refractivity contribution is 7.91. The van der Waals surface area contributed by atoms with Gasteiger partial charge in [0.05, 0.1) is 15.6 Å². The molecule has 0 fully saturated rings. The van der Waals surface area contributed by atoms with E-state index in [1.807, 2.05) is 6.07 Å². The lowest BCUT2D eigenvalue weighted by Crippen LogP contribution is -2.06. The predicted molar refractivity (Wildman–Crippen MR) is 113 cm³/mol. The van der Waals surface area contributed by atoms with Crippen LogP contribution in [0.1, 0.15) is 0 Å². The van der Waals surface area contributed by atoms with Crippen LogP contribution in [-0.2, 0) is 9.84 Å². The lowest BCUT2D eigenvalue weighted by Gasteiger charge is -2.10. The summed E-state index contributed by atoms with van der Waals surface area (Å²) in [4.78, 5) is -0.131. The molecule has 0 bridgehead atoms. The summed E-state index contributed by atoms with van der Waals surface area (Å²) in [6.45, 7) is 0. The van der Waals surface area contributed by atoms with Crippen LogP contribution in [0.3, 0.4) is 0 Å². The lowest BCUT2D eigenvalue weighted by atomic mass is 10.1. The molecule has 1 heterocycles. The summed E-state index contributed by atoms with van der Waals surface area (Å²) in [5.74, 6) is 0. The molecule has 146 valence electrons. The molecule has 0 atom stereocenters. The maximum atomic E-state index is 13.4. The average molecular weight is 445 g/mol. The molecule has 4 rings (SSSR count). The number of anilines is 1. The van der Waals surface area contributed by atoms with Crippen molar-refractivity contribution in [2.75, 3.05) is 5.73 Å². The van der Waals surface area contributed by atoms with Crippen LogP contribution in [0, 0.1) is 0 Å². The van der Waals surface area contributed by atoms with E-state index >= 15 is 0 Å². The summed E-state index contributed by atoms with van der Waals surface area (Å²) in [5.41, 5.74) is 7.90. The van der Waals surface area contributed by atoms with E-state index in [9.17, 15) is 8.42 Å². The first-order chi connectivity index (χ1) is 13.9. The van der Waals surface area contributed by atoms with E-state index in [0.717, 1.165) is 0 Å². The van der Waals surface area contributed by atoms with Crippen LogP contribution in [-0.4, -0.2) is 23.4 Å². The molecule has 0 spiro atoms. The number of hydrogen-bond acceptors (Lipinski definition) is 5. The molecular formula is C20H14Cl2N4O2S. The minimum Gasteiger partial charge on any atom is -0.399 e. The summed E-state index contributed by atoms with van der Waals surface area (Å²) >= 11 is 12.2. The maximum Gasteiger partial charge on any atom is 0.229 e. The Labute approximate surface area is 177 Å². The van der Waals surface area contributed by atoms with Crippen molar-refractivity contribution in [1.82, 2.24) is 15.0 Å². The third kappa shape index (κ3) is 3.60. The molecule has 0 unspecified atom stereocenters. The molecule has 6 nitrogen and oxygen atoms in total. The zero-order valence-electron chi connectivity index (χ0n) is 14.8. The summed E-state index contributed by atoms with van der Waals surface area (Å²) in [6.07, 6.45) is 0. The van der Waals surface area contributed by atoms with Crippen LogP contribution in [0.4, 0.5) is 5.69 Å². The first-order valence-corrected chi connectivity index (χ1v) is 10.7. The molecule has 0 amide bonds. The molecule has 0 aliphatic heterocycles. The van der Waals surface area contributed by atoms with Gasteiger partial charge >= 0.3 is 0 Å². The summed E-state index contributed by atoms with van der Waals surface area (Å²) in [6, 6.07) is 20.1. The van der Waals surface area contributed by atoms with Crippen molar-refractivity contribution in [2.45, 2.75) is 9.92 Å². The Balaban J connectivity index is 1.99. The van der Waals surface area contributed by atoms with Gasteiger partial charge in [0, 0.05) is 16.3 Å². The lowest BCUT2D eigenvalue weighted by molar-refractivity contribution is 0.592. The molecule has 0 radical (unpaired) electrons. The topological polar surface area (TPSA) is 90.9 Å². The van der Waals surface area contributed by atoms with Gasteiger partial charge in [0.1, 0.15) is 5.69 Å². The molecule has 0 aliphatic rings. The van der Waals surface area contributed by atoms with Crippen molar-refractivity contribution in [2.24, 2.45) is 0 Å². The fourth-order valence-corrected chi connectivity index (χ4v) is 4.95. The fraction of sp³-hybridized carbons (Fsp3) is 0. The summed E-state index contributed by atoms with van der Waals surface area (Å²) in [7, 11) is -4.10. The third-order valence-electron chi connectivity index (χ3n) is 4.26. The molecule has 0 saturated heterocycles. The Bertz CT molecular complexity index is 1290.